The molecule has 0 radical (unpaired) electrons. The number of carbonyl (C=O) groups is 2. The molecule has 1 aliphatic carbocycles. The Bertz CT molecular complexity index is 1680. The maximum absolute atomic E-state index is 13.5. The molecule has 7 heteroatoms. The number of hydrogen-bond acceptors (Lipinski definition) is 4. The van der Waals surface area contributed by atoms with Crippen molar-refractivity contribution in [2.24, 2.45) is 5.73 Å². The van der Waals surface area contributed by atoms with Crippen LogP contribution in [0.25, 0.3) is 21.9 Å². The van der Waals surface area contributed by atoms with Gasteiger partial charge in [-0.15, -0.1) is 5.59 Å². The summed E-state index contributed by atoms with van der Waals surface area (Å²) in [7, 11) is 0. The van der Waals surface area contributed by atoms with E-state index in [4.69, 9.17) is 10.6 Å². The van der Waals surface area contributed by atoms with Crippen LogP contribution in [0.4, 0.5) is 10.5 Å². The van der Waals surface area contributed by atoms with E-state index in [2.05, 4.69) is 72.6 Å². The molecule has 0 saturated heterocycles. The first-order valence-corrected chi connectivity index (χ1v) is 18.5. The number of urea groups is 1. The molecule has 260 valence electrons. The Morgan fingerprint density at radius 1 is 0.694 bits per heavy atom. The molecule has 5 N–H and O–H groups in total. The lowest BCUT2D eigenvalue weighted by atomic mass is 9.70. The highest BCUT2D eigenvalue weighted by Crippen LogP contribution is 2.55. The molecule has 0 bridgehead atoms. The summed E-state index contributed by atoms with van der Waals surface area (Å²) < 4.78 is 0. The normalized spacial score (nSPS) is 12.9. The molecule has 0 heterocycles. The molecular formula is C42H54N4O3. The van der Waals surface area contributed by atoms with Crippen LogP contribution in [-0.2, 0) is 16.9 Å². The van der Waals surface area contributed by atoms with E-state index in [-0.39, 0.29) is 11.3 Å². The molecule has 4 aromatic rings. The van der Waals surface area contributed by atoms with Crippen molar-refractivity contribution in [3.63, 3.8) is 0 Å². The molecule has 1 aliphatic rings. The second-order valence-electron chi connectivity index (χ2n) is 13.6. The molecule has 3 amide bonds. The number of primary amides is 1. The molecule has 0 saturated carbocycles. The van der Waals surface area contributed by atoms with E-state index in [1.165, 1.54) is 80.9 Å². The summed E-state index contributed by atoms with van der Waals surface area (Å²) in [6, 6.07) is 26.0. The van der Waals surface area contributed by atoms with E-state index in [0.717, 1.165) is 47.6 Å². The molecule has 7 nitrogen and oxygen atoms in total. The monoisotopic (exact) mass is 662 g/mol. The summed E-state index contributed by atoms with van der Waals surface area (Å²) >= 11 is 0. The summed E-state index contributed by atoms with van der Waals surface area (Å²) in [6.45, 7) is 4.81. The number of hydrazine groups is 1. The molecule has 0 aliphatic heterocycles. The van der Waals surface area contributed by atoms with Gasteiger partial charge in [0, 0.05) is 16.7 Å². The maximum atomic E-state index is 13.5. The number of hydrogen-bond donors (Lipinski definition) is 4. The van der Waals surface area contributed by atoms with Gasteiger partial charge in [0.2, 0.25) is 0 Å². The number of benzene rings is 4. The fourth-order valence-corrected chi connectivity index (χ4v) is 7.62. The van der Waals surface area contributed by atoms with Crippen LogP contribution in [-0.4, -0.2) is 11.9 Å². The summed E-state index contributed by atoms with van der Waals surface area (Å²) in [4.78, 5) is 31.1. The van der Waals surface area contributed by atoms with Crippen LogP contribution in [0.15, 0.2) is 78.9 Å². The summed E-state index contributed by atoms with van der Waals surface area (Å²) in [5.74, 6) is -0.249. The minimum atomic E-state index is -0.568. The molecule has 0 aromatic heterocycles. The van der Waals surface area contributed by atoms with Crippen molar-refractivity contribution in [3.05, 3.63) is 101 Å². The average molecular weight is 663 g/mol. The molecule has 4 aromatic carbocycles. The highest BCUT2D eigenvalue weighted by molar-refractivity contribution is 5.96. The van der Waals surface area contributed by atoms with Crippen LogP contribution in [0.5, 0.6) is 0 Å². The lowest BCUT2D eigenvalue weighted by Crippen LogP contribution is -2.37. The predicted molar refractivity (Wildman–Crippen MR) is 201 cm³/mol. The third-order valence-corrected chi connectivity index (χ3v) is 10.1. The SMILES string of the molecule is CCCCCCCCC1(CCCCCCCC)c2cc(NC(N)=O)ccc2-c2ccc(C(=O)NNOCc3cccc4ccccc34)cc21. The van der Waals surface area contributed by atoms with E-state index in [9.17, 15) is 9.59 Å². The highest BCUT2D eigenvalue weighted by atomic mass is 16.7. The first-order valence-electron chi connectivity index (χ1n) is 18.5. The Hall–Kier alpha value is -4.20. The molecule has 5 rings (SSSR count). The topological polar surface area (TPSA) is 105 Å². The van der Waals surface area contributed by atoms with Gasteiger partial charge in [0.1, 0.15) is 0 Å². The third kappa shape index (κ3) is 9.08. The van der Waals surface area contributed by atoms with Gasteiger partial charge in [-0.05, 0) is 75.7 Å². The molecule has 49 heavy (non-hydrogen) atoms. The van der Waals surface area contributed by atoms with Gasteiger partial charge in [0.15, 0.2) is 0 Å². The Balaban J connectivity index is 1.38. The number of fused-ring (bicyclic) bond motifs is 4. The zero-order valence-corrected chi connectivity index (χ0v) is 29.4. The predicted octanol–water partition coefficient (Wildman–Crippen LogP) is 10.5. The second kappa shape index (κ2) is 18.0. The van der Waals surface area contributed by atoms with Crippen molar-refractivity contribution >= 4 is 28.4 Å². The van der Waals surface area contributed by atoms with Gasteiger partial charge >= 0.3 is 6.03 Å². The van der Waals surface area contributed by atoms with Crippen LogP contribution < -0.4 is 22.1 Å². The van der Waals surface area contributed by atoms with Crippen molar-refractivity contribution in [1.29, 1.82) is 0 Å². The third-order valence-electron chi connectivity index (χ3n) is 10.1. The van der Waals surface area contributed by atoms with Gasteiger partial charge in [-0.25, -0.2) is 4.79 Å². The number of nitrogens with two attached hydrogens (primary N) is 1. The average Bonchev–Trinajstić information content (AvgIpc) is 3.37. The Morgan fingerprint density at radius 2 is 1.31 bits per heavy atom. The van der Waals surface area contributed by atoms with Gasteiger partial charge in [-0.2, -0.15) is 0 Å². The molecule has 0 unspecified atom stereocenters. The first-order chi connectivity index (χ1) is 24.0. The van der Waals surface area contributed by atoms with Gasteiger partial charge in [0.05, 0.1) is 6.61 Å². The van der Waals surface area contributed by atoms with Crippen molar-refractivity contribution in [2.45, 2.75) is 116 Å². The zero-order valence-electron chi connectivity index (χ0n) is 29.4. The fourth-order valence-electron chi connectivity index (χ4n) is 7.62. The van der Waals surface area contributed by atoms with Crippen LogP contribution in [0.3, 0.4) is 0 Å². The number of amides is 3. The summed E-state index contributed by atoms with van der Waals surface area (Å²) in [5.41, 5.74) is 17.8. The van der Waals surface area contributed by atoms with Crippen LogP contribution in [0.1, 0.15) is 131 Å². The molecular weight excluding hydrogens is 608 g/mol. The largest absolute Gasteiger partial charge is 0.351 e. The molecule has 0 fully saturated rings. The number of nitrogens with one attached hydrogen (secondary N) is 3. The Kier molecular flexibility index (Phi) is 13.2. The number of anilines is 1. The smallest absolute Gasteiger partial charge is 0.316 e. The lowest BCUT2D eigenvalue weighted by Gasteiger charge is -2.33. The zero-order chi connectivity index (χ0) is 34.5. The minimum absolute atomic E-state index is 0.249. The Morgan fingerprint density at radius 3 is 2.00 bits per heavy atom. The second-order valence-corrected chi connectivity index (χ2v) is 13.6. The van der Waals surface area contributed by atoms with E-state index >= 15 is 0 Å². The number of carbonyl (C=O) groups excluding carboxylic acids is 2. The fraction of sp³-hybridized carbons (Fsp3) is 0.429. The Labute approximate surface area is 292 Å². The quantitative estimate of drug-likeness (QED) is 0.0558. The van der Waals surface area contributed by atoms with E-state index in [1.54, 1.807) is 0 Å². The minimum Gasteiger partial charge on any atom is -0.351 e. The van der Waals surface area contributed by atoms with Gasteiger partial charge < -0.3 is 11.1 Å². The van der Waals surface area contributed by atoms with Gasteiger partial charge in [0.25, 0.3) is 5.91 Å². The number of unbranched alkanes of at least 4 members (excludes halogenated alkanes) is 10. The van der Waals surface area contributed by atoms with Crippen molar-refractivity contribution in [3.8, 4) is 11.1 Å². The van der Waals surface area contributed by atoms with Crippen LogP contribution in [0, 0.1) is 0 Å². The van der Waals surface area contributed by atoms with E-state index < -0.39 is 6.03 Å². The van der Waals surface area contributed by atoms with E-state index in [1.807, 2.05) is 36.4 Å². The van der Waals surface area contributed by atoms with Crippen LogP contribution in [0.2, 0.25) is 0 Å². The summed E-state index contributed by atoms with van der Waals surface area (Å²) in [5, 5.41) is 5.08. The van der Waals surface area contributed by atoms with Crippen molar-refractivity contribution < 1.29 is 14.4 Å². The number of rotatable bonds is 20. The van der Waals surface area contributed by atoms with Gasteiger partial charge in [-0.3, -0.25) is 15.1 Å². The van der Waals surface area contributed by atoms with Crippen molar-refractivity contribution in [1.82, 2.24) is 11.0 Å². The standard InChI is InChI=1S/C42H54N4O3/c1-3-5-7-9-11-15-26-42(27-16-12-10-8-6-4-2)38-28-32(22-24-36(38)37-25-23-34(29-39(37)42)44-41(43)48)40(47)45-46-49-30-33-20-17-19-31-18-13-14-21-35(31)33/h13-14,17-25,28-29,46H,3-12,15-16,26-27,30H2,1-2H3,(H,45,47)(H3,43,44,48). The molecule has 0 atom stereocenters. The first kappa shape index (κ1) is 36.1. The van der Waals surface area contributed by atoms with Crippen molar-refractivity contribution in [2.75, 3.05) is 5.32 Å². The lowest BCUT2D eigenvalue weighted by molar-refractivity contribution is 0.00114. The maximum Gasteiger partial charge on any atom is 0.316 e. The summed E-state index contributed by atoms with van der Waals surface area (Å²) in [6.07, 6.45) is 16.5. The van der Waals surface area contributed by atoms with E-state index in [0.29, 0.717) is 17.9 Å². The highest BCUT2D eigenvalue weighted by Gasteiger charge is 2.42. The van der Waals surface area contributed by atoms with Crippen LogP contribution >= 0.6 is 0 Å². The van der Waals surface area contributed by atoms with Gasteiger partial charge in [-0.1, -0.05) is 145 Å². The molecule has 0 spiro atoms.